The van der Waals surface area contributed by atoms with Crippen molar-refractivity contribution in [3.8, 4) is 11.3 Å². The van der Waals surface area contributed by atoms with Gasteiger partial charge < -0.3 is 15.5 Å². The van der Waals surface area contributed by atoms with Gasteiger partial charge in [0.25, 0.3) is 0 Å². The molecule has 0 aliphatic carbocycles. The number of hydrogen-bond donors (Lipinski definition) is 2. The van der Waals surface area contributed by atoms with Crippen LogP contribution in [0.2, 0.25) is 0 Å². The Morgan fingerprint density at radius 3 is 2.62 bits per heavy atom. The van der Waals surface area contributed by atoms with E-state index in [1.165, 1.54) is 6.20 Å². The van der Waals surface area contributed by atoms with Crippen molar-refractivity contribution >= 4 is 40.8 Å². The first kappa shape index (κ1) is 21.9. The lowest BCUT2D eigenvalue weighted by Crippen LogP contribution is -2.43. The average molecular weight is 455 g/mol. The Bertz CT molecular complexity index is 1230. The first-order chi connectivity index (χ1) is 15.1. The fourth-order valence-corrected chi connectivity index (χ4v) is 3.79. The van der Waals surface area contributed by atoms with Crippen molar-refractivity contribution in [1.82, 2.24) is 30.0 Å². The minimum Gasteiger partial charge on any atom is -0.368 e. The Morgan fingerprint density at radius 2 is 1.88 bits per heavy atom. The van der Waals surface area contributed by atoms with E-state index in [1.807, 2.05) is 55.2 Å². The second-order valence-electron chi connectivity index (χ2n) is 7.59. The first-order valence-corrected chi connectivity index (χ1v) is 10.2. The van der Waals surface area contributed by atoms with E-state index in [9.17, 15) is 4.39 Å². The molecule has 1 fully saturated rings. The van der Waals surface area contributed by atoms with Gasteiger partial charge in [0.1, 0.15) is 11.5 Å². The Hall–Kier alpha value is -3.30. The topological polar surface area (TPSA) is 83.8 Å². The molecule has 5 rings (SSSR count). The molecule has 0 atom stereocenters. The molecule has 1 aliphatic heterocycles. The summed E-state index contributed by atoms with van der Waals surface area (Å²) in [5.41, 5.74) is 3.81. The SMILES string of the molecule is Cc1c2ccc(-c3nc(Nc4ccc(N5CCNCC5)cn4)ncc3F)cc2nn1C.Cl. The maximum atomic E-state index is 14.5. The van der Waals surface area contributed by atoms with Crippen molar-refractivity contribution in [2.75, 3.05) is 36.4 Å². The van der Waals surface area contributed by atoms with E-state index in [0.717, 1.165) is 48.5 Å². The zero-order valence-corrected chi connectivity index (χ0v) is 18.7. The number of piperazine rings is 1. The van der Waals surface area contributed by atoms with Gasteiger partial charge in [-0.25, -0.2) is 19.3 Å². The van der Waals surface area contributed by atoms with Gasteiger partial charge in [0, 0.05) is 49.9 Å². The first-order valence-electron chi connectivity index (χ1n) is 10.2. The minimum absolute atomic E-state index is 0. The number of aromatic nitrogens is 5. The smallest absolute Gasteiger partial charge is 0.229 e. The fourth-order valence-electron chi connectivity index (χ4n) is 3.79. The van der Waals surface area contributed by atoms with Crippen LogP contribution in [0.1, 0.15) is 5.69 Å². The zero-order valence-electron chi connectivity index (χ0n) is 17.8. The van der Waals surface area contributed by atoms with Crippen LogP contribution in [0.5, 0.6) is 0 Å². The van der Waals surface area contributed by atoms with Crippen LogP contribution in [0.25, 0.3) is 22.2 Å². The van der Waals surface area contributed by atoms with E-state index in [2.05, 4.69) is 35.6 Å². The second-order valence-corrected chi connectivity index (χ2v) is 7.59. The average Bonchev–Trinajstić information content (AvgIpc) is 3.09. The van der Waals surface area contributed by atoms with E-state index in [1.54, 1.807) is 0 Å². The molecule has 2 N–H and O–H groups in total. The van der Waals surface area contributed by atoms with Gasteiger partial charge in [-0.2, -0.15) is 5.10 Å². The lowest BCUT2D eigenvalue weighted by Gasteiger charge is -2.29. The maximum absolute atomic E-state index is 14.5. The van der Waals surface area contributed by atoms with Crippen LogP contribution >= 0.6 is 12.4 Å². The highest BCUT2D eigenvalue weighted by molar-refractivity contribution is 5.86. The van der Waals surface area contributed by atoms with Crippen LogP contribution in [0.15, 0.2) is 42.7 Å². The van der Waals surface area contributed by atoms with Crippen LogP contribution in [0.4, 0.5) is 21.8 Å². The summed E-state index contributed by atoms with van der Waals surface area (Å²) in [6, 6.07) is 9.54. The van der Waals surface area contributed by atoms with Crippen LogP contribution in [-0.4, -0.2) is 50.9 Å². The summed E-state index contributed by atoms with van der Waals surface area (Å²) < 4.78 is 16.3. The summed E-state index contributed by atoms with van der Waals surface area (Å²) in [6.45, 7) is 5.85. The predicted molar refractivity (Wildman–Crippen MR) is 126 cm³/mol. The highest BCUT2D eigenvalue weighted by atomic mass is 35.5. The standard InChI is InChI=1S/C22H23FN8.ClH/c1-14-17-5-3-15(11-19(17)29-30(14)2)21-18(23)13-26-22(28-21)27-20-6-4-16(12-25-20)31-9-7-24-8-10-31;/h3-6,11-13,24H,7-10H2,1-2H3,(H,25,26,27,28);1H. The number of aryl methyl sites for hydroxylation is 2. The summed E-state index contributed by atoms with van der Waals surface area (Å²) in [7, 11) is 1.89. The third-order valence-corrected chi connectivity index (χ3v) is 5.62. The Balaban J connectivity index is 0.00000245. The molecular formula is C22H24ClFN8. The van der Waals surface area contributed by atoms with Crippen LogP contribution in [0.3, 0.4) is 0 Å². The molecule has 4 heterocycles. The molecule has 8 nitrogen and oxygen atoms in total. The normalized spacial score (nSPS) is 13.8. The Kier molecular flexibility index (Phi) is 6.20. The highest BCUT2D eigenvalue weighted by Crippen LogP contribution is 2.27. The number of pyridine rings is 1. The largest absolute Gasteiger partial charge is 0.368 e. The lowest BCUT2D eigenvalue weighted by atomic mass is 10.1. The zero-order chi connectivity index (χ0) is 21.4. The maximum Gasteiger partial charge on any atom is 0.229 e. The van der Waals surface area contributed by atoms with Gasteiger partial charge >= 0.3 is 0 Å². The lowest BCUT2D eigenvalue weighted by molar-refractivity contribution is 0.589. The molecule has 0 radical (unpaired) electrons. The van der Waals surface area contributed by atoms with Gasteiger partial charge in [0.2, 0.25) is 5.95 Å². The Morgan fingerprint density at radius 1 is 1.06 bits per heavy atom. The molecule has 1 aromatic carbocycles. The monoisotopic (exact) mass is 454 g/mol. The van der Waals surface area contributed by atoms with Gasteiger partial charge in [0.15, 0.2) is 5.82 Å². The van der Waals surface area contributed by atoms with Gasteiger partial charge in [0.05, 0.1) is 23.6 Å². The minimum atomic E-state index is -0.487. The molecule has 32 heavy (non-hydrogen) atoms. The van der Waals surface area contributed by atoms with Crippen molar-refractivity contribution in [3.05, 3.63) is 54.2 Å². The number of nitrogens with zero attached hydrogens (tertiary/aromatic N) is 6. The summed E-state index contributed by atoms with van der Waals surface area (Å²) in [5.74, 6) is 0.405. The molecule has 4 aromatic rings. The summed E-state index contributed by atoms with van der Waals surface area (Å²) in [5, 5.41) is 11.9. The summed E-state index contributed by atoms with van der Waals surface area (Å²) >= 11 is 0. The number of halogens is 2. The molecule has 3 aromatic heterocycles. The van der Waals surface area contributed by atoms with E-state index >= 15 is 0 Å². The van der Waals surface area contributed by atoms with Gasteiger partial charge in [-0.3, -0.25) is 4.68 Å². The predicted octanol–water partition coefficient (Wildman–Crippen LogP) is 3.45. The van der Waals surface area contributed by atoms with Crippen molar-refractivity contribution in [2.45, 2.75) is 6.92 Å². The van der Waals surface area contributed by atoms with E-state index in [0.29, 0.717) is 11.4 Å². The third kappa shape index (κ3) is 4.21. The van der Waals surface area contributed by atoms with Crippen molar-refractivity contribution in [3.63, 3.8) is 0 Å². The molecule has 0 bridgehead atoms. The quantitative estimate of drug-likeness (QED) is 0.488. The third-order valence-electron chi connectivity index (χ3n) is 5.62. The van der Waals surface area contributed by atoms with Crippen LogP contribution in [0, 0.1) is 12.7 Å². The molecule has 0 unspecified atom stereocenters. The molecule has 166 valence electrons. The van der Waals surface area contributed by atoms with Crippen molar-refractivity contribution in [2.24, 2.45) is 7.05 Å². The van der Waals surface area contributed by atoms with Crippen molar-refractivity contribution in [1.29, 1.82) is 0 Å². The number of hydrogen-bond acceptors (Lipinski definition) is 7. The van der Waals surface area contributed by atoms with Gasteiger partial charge in [-0.05, 0) is 25.1 Å². The molecule has 0 amide bonds. The number of rotatable bonds is 4. The fraction of sp³-hybridized carbons (Fsp3) is 0.273. The molecule has 1 aliphatic rings. The number of anilines is 3. The summed E-state index contributed by atoms with van der Waals surface area (Å²) in [6.07, 6.45) is 3.00. The number of fused-ring (bicyclic) bond motifs is 1. The van der Waals surface area contributed by atoms with Crippen LogP contribution < -0.4 is 15.5 Å². The molecular weight excluding hydrogens is 431 g/mol. The molecule has 1 saturated heterocycles. The van der Waals surface area contributed by atoms with Gasteiger partial charge in [-0.1, -0.05) is 12.1 Å². The Labute approximate surface area is 191 Å². The number of nitrogens with one attached hydrogen (secondary N) is 2. The van der Waals surface area contributed by atoms with E-state index in [-0.39, 0.29) is 24.0 Å². The van der Waals surface area contributed by atoms with Gasteiger partial charge in [-0.15, -0.1) is 12.4 Å². The molecule has 0 spiro atoms. The van der Waals surface area contributed by atoms with Crippen LogP contribution in [-0.2, 0) is 7.05 Å². The second kappa shape index (κ2) is 9.05. The molecule has 10 heteroatoms. The highest BCUT2D eigenvalue weighted by Gasteiger charge is 2.14. The van der Waals surface area contributed by atoms with Crippen molar-refractivity contribution < 1.29 is 4.39 Å². The van der Waals surface area contributed by atoms with E-state index in [4.69, 9.17) is 0 Å². The molecule has 0 saturated carbocycles. The number of benzene rings is 1. The summed E-state index contributed by atoms with van der Waals surface area (Å²) in [4.78, 5) is 15.2. The van der Waals surface area contributed by atoms with E-state index < -0.39 is 5.82 Å².